The van der Waals surface area contributed by atoms with Crippen molar-refractivity contribution in [1.82, 2.24) is 4.31 Å². The molecule has 0 unspecified atom stereocenters. The minimum atomic E-state index is -3.34. The van der Waals surface area contributed by atoms with Crippen molar-refractivity contribution >= 4 is 27.0 Å². The van der Waals surface area contributed by atoms with E-state index in [9.17, 15) is 8.42 Å². The number of nitrogens with two attached hydrogens (primary N) is 1. The van der Waals surface area contributed by atoms with Crippen LogP contribution in [0.4, 0.5) is 5.69 Å². The smallest absolute Gasteiger partial charge is 0.252 e. The maximum absolute atomic E-state index is 12.5. The summed E-state index contributed by atoms with van der Waals surface area (Å²) < 4.78 is 27.1. The molecule has 0 atom stereocenters. The summed E-state index contributed by atoms with van der Waals surface area (Å²) in [6, 6.07) is 1.77. The third kappa shape index (κ3) is 3.05. The van der Waals surface area contributed by atoms with E-state index < -0.39 is 10.0 Å². The SMILES string of the molecule is CC(C)CCN(C1CC1)S(=O)(=O)c1cc(N)cs1. The molecule has 6 heteroatoms. The van der Waals surface area contributed by atoms with Crippen molar-refractivity contribution in [2.45, 2.75) is 43.4 Å². The predicted molar refractivity (Wildman–Crippen MR) is 75.1 cm³/mol. The van der Waals surface area contributed by atoms with Gasteiger partial charge in [0.25, 0.3) is 10.0 Å². The van der Waals surface area contributed by atoms with Crippen LogP contribution < -0.4 is 5.73 Å². The molecule has 1 heterocycles. The van der Waals surface area contributed by atoms with Crippen LogP contribution in [0, 0.1) is 5.92 Å². The third-order valence-corrected chi connectivity index (χ3v) is 6.42. The van der Waals surface area contributed by atoms with Gasteiger partial charge in [-0.2, -0.15) is 4.31 Å². The lowest BCUT2D eigenvalue weighted by molar-refractivity contribution is 0.374. The van der Waals surface area contributed by atoms with Crippen molar-refractivity contribution < 1.29 is 8.42 Å². The van der Waals surface area contributed by atoms with Crippen LogP contribution in [-0.2, 0) is 10.0 Å². The van der Waals surface area contributed by atoms with E-state index in [1.807, 2.05) is 0 Å². The normalized spacial score (nSPS) is 16.7. The fourth-order valence-electron chi connectivity index (χ4n) is 1.83. The minimum absolute atomic E-state index is 0.206. The average Bonchev–Trinajstić information content (AvgIpc) is 2.99. The summed E-state index contributed by atoms with van der Waals surface area (Å²) in [6.07, 6.45) is 2.87. The van der Waals surface area contributed by atoms with Crippen molar-refractivity contribution in [2.75, 3.05) is 12.3 Å². The first-order valence-corrected chi connectivity index (χ1v) is 8.59. The molecule has 0 aliphatic heterocycles. The third-order valence-electron chi connectivity index (χ3n) is 3.04. The molecule has 1 aromatic heterocycles. The van der Waals surface area contributed by atoms with Crippen molar-refractivity contribution in [3.05, 3.63) is 11.4 Å². The van der Waals surface area contributed by atoms with Gasteiger partial charge in [0.05, 0.1) is 0 Å². The Balaban J connectivity index is 2.19. The van der Waals surface area contributed by atoms with Gasteiger partial charge < -0.3 is 5.73 Å². The Morgan fingerprint density at radius 1 is 1.50 bits per heavy atom. The second kappa shape index (κ2) is 5.19. The van der Waals surface area contributed by atoms with E-state index in [0.29, 0.717) is 22.4 Å². The first-order chi connectivity index (χ1) is 8.41. The quantitative estimate of drug-likeness (QED) is 0.875. The summed E-state index contributed by atoms with van der Waals surface area (Å²) in [5.74, 6) is 0.509. The van der Waals surface area contributed by atoms with Crippen LogP contribution in [0.25, 0.3) is 0 Å². The van der Waals surface area contributed by atoms with Gasteiger partial charge in [-0.15, -0.1) is 11.3 Å². The second-order valence-corrected chi connectivity index (χ2v) is 8.26. The van der Waals surface area contributed by atoms with Crippen LogP contribution in [0.1, 0.15) is 33.1 Å². The van der Waals surface area contributed by atoms with E-state index in [2.05, 4.69) is 13.8 Å². The van der Waals surface area contributed by atoms with Crippen molar-refractivity contribution in [1.29, 1.82) is 0 Å². The largest absolute Gasteiger partial charge is 0.398 e. The number of nitrogens with zero attached hydrogens (tertiary/aromatic N) is 1. The number of hydrogen-bond acceptors (Lipinski definition) is 4. The van der Waals surface area contributed by atoms with E-state index in [1.54, 1.807) is 15.8 Å². The first kappa shape index (κ1) is 13.8. The molecule has 2 rings (SSSR count). The predicted octanol–water partition coefficient (Wildman–Crippen LogP) is 2.53. The van der Waals surface area contributed by atoms with Gasteiger partial charge in [-0.25, -0.2) is 8.42 Å². The number of anilines is 1. The highest BCUT2D eigenvalue weighted by Crippen LogP contribution is 2.34. The van der Waals surface area contributed by atoms with Crippen molar-refractivity contribution in [2.24, 2.45) is 5.92 Å². The molecule has 4 nitrogen and oxygen atoms in total. The summed E-state index contributed by atoms with van der Waals surface area (Å²) in [4.78, 5) is 0. The lowest BCUT2D eigenvalue weighted by atomic mass is 10.1. The highest BCUT2D eigenvalue weighted by Gasteiger charge is 2.38. The lowest BCUT2D eigenvalue weighted by Gasteiger charge is -2.21. The molecule has 1 aromatic rings. The maximum atomic E-state index is 12.5. The molecule has 0 amide bonds. The molecule has 18 heavy (non-hydrogen) atoms. The Bertz CT molecular complexity index is 504. The monoisotopic (exact) mass is 288 g/mol. The number of thiophene rings is 1. The molecule has 1 saturated carbocycles. The summed E-state index contributed by atoms with van der Waals surface area (Å²) in [7, 11) is -3.34. The molecule has 0 bridgehead atoms. The van der Waals surface area contributed by atoms with Gasteiger partial charge in [-0.1, -0.05) is 13.8 Å². The van der Waals surface area contributed by atoms with Gasteiger partial charge in [0.2, 0.25) is 0 Å². The Kier molecular flexibility index (Phi) is 3.99. The second-order valence-electron chi connectivity index (χ2n) is 5.23. The maximum Gasteiger partial charge on any atom is 0.252 e. The first-order valence-electron chi connectivity index (χ1n) is 6.27. The highest BCUT2D eigenvalue weighted by atomic mass is 32.2. The van der Waals surface area contributed by atoms with E-state index in [0.717, 1.165) is 19.3 Å². The van der Waals surface area contributed by atoms with Gasteiger partial charge in [0.15, 0.2) is 0 Å². The Labute approximate surface area is 113 Å². The molecule has 0 spiro atoms. The molecule has 0 aromatic carbocycles. The van der Waals surface area contributed by atoms with Gasteiger partial charge >= 0.3 is 0 Å². The average molecular weight is 288 g/mol. The molecule has 1 aliphatic carbocycles. The number of rotatable bonds is 6. The fourth-order valence-corrected chi connectivity index (χ4v) is 4.74. The number of hydrogen-bond donors (Lipinski definition) is 1. The molecular weight excluding hydrogens is 268 g/mol. The molecule has 102 valence electrons. The summed E-state index contributed by atoms with van der Waals surface area (Å²) >= 11 is 1.21. The summed E-state index contributed by atoms with van der Waals surface area (Å²) in [5, 5.41) is 1.68. The Morgan fingerprint density at radius 2 is 2.17 bits per heavy atom. The van der Waals surface area contributed by atoms with Gasteiger partial charge in [0.1, 0.15) is 4.21 Å². The van der Waals surface area contributed by atoms with Crippen LogP contribution in [-0.4, -0.2) is 25.3 Å². The molecule has 2 N–H and O–H groups in total. The molecule has 1 fully saturated rings. The van der Waals surface area contributed by atoms with Crippen LogP contribution in [0.15, 0.2) is 15.7 Å². The Hall–Kier alpha value is -0.590. The van der Waals surface area contributed by atoms with Crippen molar-refractivity contribution in [3.63, 3.8) is 0 Å². The molecule has 1 aliphatic rings. The summed E-state index contributed by atoms with van der Waals surface area (Å²) in [6.45, 7) is 4.84. The van der Waals surface area contributed by atoms with Gasteiger partial charge in [0, 0.05) is 23.7 Å². The van der Waals surface area contributed by atoms with Crippen LogP contribution in [0.3, 0.4) is 0 Å². The zero-order valence-corrected chi connectivity index (χ0v) is 12.4. The standard InChI is InChI=1S/C12H20N2O2S2/c1-9(2)5-6-14(11-3-4-11)18(15,16)12-7-10(13)8-17-12/h7-9,11H,3-6,13H2,1-2H3. The van der Waals surface area contributed by atoms with Crippen LogP contribution >= 0.6 is 11.3 Å². The minimum Gasteiger partial charge on any atom is -0.398 e. The zero-order chi connectivity index (χ0) is 13.3. The van der Waals surface area contributed by atoms with Crippen LogP contribution in [0.5, 0.6) is 0 Å². The summed E-state index contributed by atoms with van der Waals surface area (Å²) in [5.41, 5.74) is 6.14. The van der Waals surface area contributed by atoms with Crippen molar-refractivity contribution in [3.8, 4) is 0 Å². The molecular formula is C12H20N2O2S2. The Morgan fingerprint density at radius 3 is 2.61 bits per heavy atom. The van der Waals surface area contributed by atoms with Gasteiger partial charge in [-0.3, -0.25) is 0 Å². The highest BCUT2D eigenvalue weighted by molar-refractivity contribution is 7.91. The van der Waals surface area contributed by atoms with Gasteiger partial charge in [-0.05, 0) is 31.2 Å². The van der Waals surface area contributed by atoms with E-state index in [1.165, 1.54) is 11.3 Å². The fraction of sp³-hybridized carbons (Fsp3) is 0.667. The molecule has 0 radical (unpaired) electrons. The van der Waals surface area contributed by atoms with Crippen LogP contribution in [0.2, 0.25) is 0 Å². The van der Waals surface area contributed by atoms with E-state index in [4.69, 9.17) is 5.73 Å². The lowest BCUT2D eigenvalue weighted by Crippen LogP contribution is -2.34. The van der Waals surface area contributed by atoms with E-state index in [-0.39, 0.29) is 6.04 Å². The molecule has 0 saturated heterocycles. The topological polar surface area (TPSA) is 63.4 Å². The van der Waals surface area contributed by atoms with E-state index >= 15 is 0 Å². The zero-order valence-electron chi connectivity index (χ0n) is 10.8. The number of sulfonamides is 1. The number of nitrogen functional groups attached to an aromatic ring is 1.